The maximum atomic E-state index is 13.2. The summed E-state index contributed by atoms with van der Waals surface area (Å²) in [5.41, 5.74) is 2.96. The third kappa shape index (κ3) is 6.71. The van der Waals surface area contributed by atoms with Crippen molar-refractivity contribution in [1.29, 1.82) is 0 Å². The van der Waals surface area contributed by atoms with Gasteiger partial charge < -0.3 is 14.6 Å². The minimum atomic E-state index is -0.633. The Morgan fingerprint density at radius 1 is 1.16 bits per heavy atom. The fourth-order valence-corrected chi connectivity index (χ4v) is 3.37. The van der Waals surface area contributed by atoms with Crippen molar-refractivity contribution in [2.45, 2.75) is 59.5 Å². The first-order valence-electron chi connectivity index (χ1n) is 11.0. The van der Waals surface area contributed by atoms with E-state index in [2.05, 4.69) is 13.8 Å². The summed E-state index contributed by atoms with van der Waals surface area (Å²) in [5.74, 6) is -0.550. The Morgan fingerprint density at radius 2 is 1.84 bits per heavy atom. The van der Waals surface area contributed by atoms with Crippen molar-refractivity contribution >= 4 is 18.1 Å². The molecule has 32 heavy (non-hydrogen) atoms. The molecule has 0 aliphatic carbocycles. The molecule has 1 atom stereocenters. The smallest absolute Gasteiger partial charge is 0.342 e. The molecule has 0 aliphatic heterocycles. The number of phenolic OH excluding ortho intramolecular Hbond substituents is 1. The van der Waals surface area contributed by atoms with E-state index >= 15 is 0 Å². The van der Waals surface area contributed by atoms with E-state index in [0.717, 1.165) is 30.4 Å². The van der Waals surface area contributed by atoms with Gasteiger partial charge in [0, 0.05) is 5.56 Å². The quantitative estimate of drug-likeness (QED) is 0.247. The largest absolute Gasteiger partial charge is 0.507 e. The second-order valence-corrected chi connectivity index (χ2v) is 7.96. The topological polar surface area (TPSA) is 55.8 Å². The van der Waals surface area contributed by atoms with Gasteiger partial charge in [-0.2, -0.15) is 0 Å². The zero-order valence-electron chi connectivity index (χ0n) is 19.6. The molecular weight excluding hydrogens is 407 g/mol. The van der Waals surface area contributed by atoms with E-state index in [1.807, 2.05) is 19.9 Å². The van der Waals surface area contributed by atoms with Gasteiger partial charge >= 0.3 is 5.97 Å². The molecule has 0 bridgehead atoms. The fourth-order valence-electron chi connectivity index (χ4n) is 3.37. The number of esters is 1. The summed E-state index contributed by atoms with van der Waals surface area (Å²) < 4.78 is 24.5. The second-order valence-electron chi connectivity index (χ2n) is 7.96. The number of halogens is 1. The Bertz CT molecular complexity index is 970. The van der Waals surface area contributed by atoms with Crippen molar-refractivity contribution in [3.05, 3.63) is 70.1 Å². The summed E-state index contributed by atoms with van der Waals surface area (Å²) in [6.45, 7) is 8.12. The van der Waals surface area contributed by atoms with Crippen LogP contribution >= 0.6 is 0 Å². The number of allylic oxidation sites excluding steroid dienone is 2. The van der Waals surface area contributed by atoms with E-state index < -0.39 is 5.97 Å². The molecule has 4 nitrogen and oxygen atoms in total. The number of ether oxygens (including phenoxy) is 2. The molecule has 2 aromatic carbocycles. The van der Waals surface area contributed by atoms with Crippen molar-refractivity contribution in [3.63, 3.8) is 0 Å². The Kier molecular flexibility index (Phi) is 9.51. The van der Waals surface area contributed by atoms with Crippen LogP contribution in [0.5, 0.6) is 11.5 Å². The maximum absolute atomic E-state index is 13.2. The van der Waals surface area contributed by atoms with Crippen molar-refractivity contribution in [3.8, 4) is 11.5 Å². The SMILES string of the molecule is CCCC(CC)Oc1cc(C=Cc2ccc(F)cc2)c(C(=O)OC)c(O)c1CC=C(C)C. The molecule has 1 N–H and O–H groups in total. The van der Waals surface area contributed by atoms with Gasteiger partial charge in [-0.1, -0.05) is 56.2 Å². The molecule has 1 unspecified atom stereocenters. The van der Waals surface area contributed by atoms with E-state index in [1.54, 1.807) is 30.4 Å². The van der Waals surface area contributed by atoms with E-state index in [9.17, 15) is 14.3 Å². The molecule has 2 aromatic rings. The lowest BCUT2D eigenvalue weighted by Gasteiger charge is -2.22. The Hall–Kier alpha value is -3.08. The minimum absolute atomic E-state index is 0.00255. The average Bonchev–Trinajstić information content (AvgIpc) is 2.77. The molecule has 0 saturated heterocycles. The summed E-state index contributed by atoms with van der Waals surface area (Å²) in [4.78, 5) is 12.6. The van der Waals surface area contributed by atoms with Crippen LogP contribution in [0, 0.1) is 5.82 Å². The van der Waals surface area contributed by atoms with Crippen LogP contribution in [-0.4, -0.2) is 24.3 Å². The third-order valence-corrected chi connectivity index (χ3v) is 5.18. The zero-order chi connectivity index (χ0) is 23.7. The van der Waals surface area contributed by atoms with Crippen LogP contribution < -0.4 is 4.74 Å². The van der Waals surface area contributed by atoms with Gasteiger partial charge in [-0.05, 0) is 62.4 Å². The normalized spacial score (nSPS) is 11.9. The molecule has 0 saturated carbocycles. The first-order chi connectivity index (χ1) is 15.3. The number of phenols is 1. The lowest BCUT2D eigenvalue weighted by Crippen LogP contribution is -2.17. The van der Waals surface area contributed by atoms with Crippen LogP contribution in [0.3, 0.4) is 0 Å². The number of hydrogen-bond donors (Lipinski definition) is 1. The highest BCUT2D eigenvalue weighted by Gasteiger charge is 2.24. The van der Waals surface area contributed by atoms with Crippen molar-refractivity contribution in [1.82, 2.24) is 0 Å². The second kappa shape index (κ2) is 12.1. The average molecular weight is 441 g/mol. The van der Waals surface area contributed by atoms with Crippen LogP contribution in [0.2, 0.25) is 0 Å². The first kappa shape index (κ1) is 25.2. The number of methoxy groups -OCH3 is 1. The summed E-state index contributed by atoms with van der Waals surface area (Å²) in [7, 11) is 1.28. The van der Waals surface area contributed by atoms with Gasteiger partial charge in [0.15, 0.2) is 0 Å². The van der Waals surface area contributed by atoms with Gasteiger partial charge in [-0.25, -0.2) is 9.18 Å². The standard InChI is InChI=1S/C27H33FO4/c1-6-8-22(7-2)32-24-17-20(13-10-19-11-14-21(28)15-12-19)25(27(30)31-5)26(29)23(24)16-9-18(3)4/h9-15,17,22,29H,6-8,16H2,1-5H3. The van der Waals surface area contributed by atoms with E-state index in [-0.39, 0.29) is 23.2 Å². The van der Waals surface area contributed by atoms with Gasteiger partial charge in [-0.15, -0.1) is 0 Å². The Labute approximate surface area is 190 Å². The molecule has 0 heterocycles. The molecule has 0 fully saturated rings. The highest BCUT2D eigenvalue weighted by molar-refractivity contribution is 5.98. The number of rotatable bonds is 10. The third-order valence-electron chi connectivity index (χ3n) is 5.18. The molecule has 172 valence electrons. The summed E-state index contributed by atoms with van der Waals surface area (Å²) >= 11 is 0. The lowest BCUT2D eigenvalue weighted by atomic mass is 9.97. The predicted molar refractivity (Wildman–Crippen MR) is 128 cm³/mol. The Morgan fingerprint density at radius 3 is 2.41 bits per heavy atom. The van der Waals surface area contributed by atoms with Crippen LogP contribution in [-0.2, 0) is 11.2 Å². The molecule has 0 aliphatic rings. The molecule has 5 heteroatoms. The highest BCUT2D eigenvalue weighted by atomic mass is 19.1. The van der Waals surface area contributed by atoms with Crippen molar-refractivity contribution < 1.29 is 23.8 Å². The van der Waals surface area contributed by atoms with Crippen LogP contribution in [0.1, 0.15) is 74.0 Å². The maximum Gasteiger partial charge on any atom is 0.342 e. The van der Waals surface area contributed by atoms with Gasteiger partial charge in [0.2, 0.25) is 0 Å². The summed E-state index contributed by atoms with van der Waals surface area (Å²) in [5, 5.41) is 11.1. The molecule has 0 radical (unpaired) electrons. The number of hydrogen-bond acceptors (Lipinski definition) is 4. The van der Waals surface area contributed by atoms with Crippen molar-refractivity contribution in [2.24, 2.45) is 0 Å². The molecule has 0 aromatic heterocycles. The van der Waals surface area contributed by atoms with E-state index in [4.69, 9.17) is 9.47 Å². The van der Waals surface area contributed by atoms with Gasteiger partial charge in [0.25, 0.3) is 0 Å². The number of carbonyl (C=O) groups is 1. The molecule has 2 rings (SSSR count). The van der Waals surface area contributed by atoms with E-state index in [1.165, 1.54) is 19.2 Å². The number of carbonyl (C=O) groups excluding carboxylic acids is 1. The fraction of sp³-hybridized carbons (Fsp3) is 0.370. The monoisotopic (exact) mass is 440 g/mol. The van der Waals surface area contributed by atoms with Gasteiger partial charge in [0.1, 0.15) is 22.9 Å². The lowest BCUT2D eigenvalue weighted by molar-refractivity contribution is 0.0597. The van der Waals surface area contributed by atoms with Gasteiger partial charge in [0.05, 0.1) is 13.2 Å². The molecule has 0 amide bonds. The Balaban J connectivity index is 2.64. The molecule has 0 spiro atoms. The van der Waals surface area contributed by atoms with Crippen LogP contribution in [0.4, 0.5) is 4.39 Å². The van der Waals surface area contributed by atoms with Gasteiger partial charge in [-0.3, -0.25) is 0 Å². The van der Waals surface area contributed by atoms with Crippen LogP contribution in [0.15, 0.2) is 42.0 Å². The van der Waals surface area contributed by atoms with Crippen molar-refractivity contribution in [2.75, 3.05) is 7.11 Å². The van der Waals surface area contributed by atoms with E-state index in [0.29, 0.717) is 23.3 Å². The summed E-state index contributed by atoms with van der Waals surface area (Å²) in [6, 6.07) is 7.79. The molecular formula is C27H33FO4. The first-order valence-corrected chi connectivity index (χ1v) is 11.0. The summed E-state index contributed by atoms with van der Waals surface area (Å²) in [6.07, 6.45) is 8.57. The number of aromatic hydroxyl groups is 1. The number of benzene rings is 2. The zero-order valence-corrected chi connectivity index (χ0v) is 19.6. The minimum Gasteiger partial charge on any atom is -0.507 e. The van der Waals surface area contributed by atoms with Crippen LogP contribution in [0.25, 0.3) is 12.2 Å². The highest BCUT2D eigenvalue weighted by Crippen LogP contribution is 2.38. The predicted octanol–water partition coefficient (Wildman–Crippen LogP) is 6.95.